The van der Waals surface area contributed by atoms with Crippen molar-refractivity contribution in [1.82, 2.24) is 0 Å². The molecule has 0 aliphatic heterocycles. The first-order chi connectivity index (χ1) is 38.3. The maximum atomic E-state index is 6.57. The summed E-state index contributed by atoms with van der Waals surface area (Å²) >= 11 is 0. The maximum Gasteiger partial charge on any atom is 0.134 e. The zero-order valence-corrected chi connectivity index (χ0v) is 51.7. The van der Waals surface area contributed by atoms with Crippen molar-refractivity contribution >= 4 is 39.3 Å². The van der Waals surface area contributed by atoms with Crippen LogP contribution < -0.4 is 0 Å². The predicted octanol–water partition coefficient (Wildman–Crippen LogP) is 23.5. The van der Waals surface area contributed by atoms with Crippen LogP contribution in [0.5, 0.6) is 0 Å². The zero-order valence-electron chi connectivity index (χ0n) is 51.7. The third-order valence-electron chi connectivity index (χ3n) is 11.8. The molecule has 4 aromatic carbocycles. The van der Waals surface area contributed by atoms with E-state index in [1.807, 2.05) is 88.3 Å². The maximum absolute atomic E-state index is 6.57. The molecule has 0 spiro atoms. The van der Waals surface area contributed by atoms with Crippen molar-refractivity contribution in [3.8, 4) is 47.2 Å². The molecule has 78 heavy (non-hydrogen) atoms. The SMILES string of the molecule is C#CC(=C\C(=C/Cc1cc(C(/C=C\C)=C/C)cc(/C(=C/CC#CC)CC)c1)c1cc(C(/C=C\CC)=C/C)cc(-c2ccccc2)c1)/C(/C=C\CC)=C/CCc1oc2ccccc2c1/C=C\C.CC.CC.CC.CC.CC#CC. The van der Waals surface area contributed by atoms with Crippen LogP contribution >= 0.6 is 0 Å². The highest BCUT2D eigenvalue weighted by atomic mass is 16.3. The van der Waals surface area contributed by atoms with E-state index in [1.54, 1.807) is 0 Å². The largest absolute Gasteiger partial charge is 0.460 e. The summed E-state index contributed by atoms with van der Waals surface area (Å²) in [6, 6.07) is 32.9. The summed E-state index contributed by atoms with van der Waals surface area (Å²) in [5.74, 6) is 15.8. The molecule has 0 radical (unpaired) electrons. The average molecular weight is 1040 g/mol. The van der Waals surface area contributed by atoms with Gasteiger partial charge in [-0.05, 0) is 184 Å². The Morgan fingerprint density at radius 2 is 1.15 bits per heavy atom. The van der Waals surface area contributed by atoms with Crippen molar-refractivity contribution in [3.05, 3.63) is 220 Å². The van der Waals surface area contributed by atoms with E-state index < -0.39 is 0 Å². The smallest absolute Gasteiger partial charge is 0.134 e. The number of allylic oxidation sites excluding steroid dienone is 19. The van der Waals surface area contributed by atoms with Crippen molar-refractivity contribution in [2.45, 2.75) is 170 Å². The molecule has 0 aliphatic rings. The third kappa shape index (κ3) is 23.8. The van der Waals surface area contributed by atoms with Gasteiger partial charge in [-0.2, -0.15) is 0 Å². The molecule has 0 saturated heterocycles. The lowest BCUT2D eigenvalue weighted by Gasteiger charge is -2.15. The van der Waals surface area contributed by atoms with Gasteiger partial charge in [-0.1, -0.05) is 228 Å². The quantitative estimate of drug-likeness (QED) is 0.0559. The molecule has 0 amide bonds. The summed E-state index contributed by atoms with van der Waals surface area (Å²) in [7, 11) is 0. The molecule has 1 aromatic heterocycles. The van der Waals surface area contributed by atoms with Crippen LogP contribution in [0.2, 0.25) is 0 Å². The van der Waals surface area contributed by atoms with Crippen LogP contribution in [0.1, 0.15) is 196 Å². The summed E-state index contributed by atoms with van der Waals surface area (Å²) < 4.78 is 6.42. The van der Waals surface area contributed by atoms with Crippen LogP contribution in [0.15, 0.2) is 186 Å². The number of fused-ring (bicyclic) bond motifs is 1. The molecular formula is C77H98O. The Bertz CT molecular complexity index is 2990. The summed E-state index contributed by atoms with van der Waals surface area (Å²) in [5.41, 5.74) is 16.9. The minimum absolute atomic E-state index is 0.698. The number of benzene rings is 4. The van der Waals surface area contributed by atoms with Gasteiger partial charge in [0.1, 0.15) is 11.3 Å². The number of hydrogen-bond acceptors (Lipinski definition) is 1. The number of terminal acetylenes is 1. The van der Waals surface area contributed by atoms with E-state index in [-0.39, 0.29) is 0 Å². The molecule has 412 valence electrons. The highest BCUT2D eigenvalue weighted by Gasteiger charge is 2.14. The molecule has 1 nitrogen and oxygen atoms in total. The number of hydrogen-bond donors (Lipinski definition) is 0. The first kappa shape index (κ1) is 70.5. The van der Waals surface area contributed by atoms with Crippen LogP contribution in [0.4, 0.5) is 0 Å². The van der Waals surface area contributed by atoms with Crippen molar-refractivity contribution in [2.24, 2.45) is 0 Å². The number of furan rings is 1. The van der Waals surface area contributed by atoms with E-state index in [1.165, 1.54) is 33.4 Å². The summed E-state index contributed by atoms with van der Waals surface area (Å²) in [5, 5.41) is 1.14. The molecule has 0 atom stereocenters. The molecule has 5 rings (SSSR count). The average Bonchev–Trinajstić information content (AvgIpc) is 3.86. The molecular weight excluding hydrogens is 941 g/mol. The molecule has 0 N–H and O–H groups in total. The Labute approximate surface area is 478 Å². The van der Waals surface area contributed by atoms with Crippen molar-refractivity contribution in [1.29, 1.82) is 0 Å². The van der Waals surface area contributed by atoms with Gasteiger partial charge < -0.3 is 4.42 Å². The lowest BCUT2D eigenvalue weighted by atomic mass is 9.89. The van der Waals surface area contributed by atoms with Gasteiger partial charge in [0.2, 0.25) is 0 Å². The number of para-hydroxylation sites is 1. The Kier molecular flexibility index (Phi) is 40.3. The third-order valence-corrected chi connectivity index (χ3v) is 11.8. The number of rotatable bonds is 20. The second-order valence-corrected chi connectivity index (χ2v) is 16.6. The molecule has 1 heterocycles. The van der Waals surface area contributed by atoms with E-state index in [0.717, 1.165) is 99.8 Å². The van der Waals surface area contributed by atoms with Crippen LogP contribution in [0.3, 0.4) is 0 Å². The Balaban J connectivity index is 0.00000456. The van der Waals surface area contributed by atoms with Gasteiger partial charge in [0.05, 0.1) is 0 Å². The fourth-order valence-electron chi connectivity index (χ4n) is 8.18. The van der Waals surface area contributed by atoms with E-state index in [9.17, 15) is 0 Å². The highest BCUT2D eigenvalue weighted by Crippen LogP contribution is 2.34. The molecule has 0 fully saturated rings. The first-order valence-corrected chi connectivity index (χ1v) is 29.0. The van der Waals surface area contributed by atoms with Crippen LogP contribution in [-0.2, 0) is 12.8 Å². The van der Waals surface area contributed by atoms with Gasteiger partial charge in [-0.25, -0.2) is 0 Å². The second kappa shape index (κ2) is 44.6. The molecule has 5 aromatic rings. The van der Waals surface area contributed by atoms with Crippen LogP contribution in [-0.4, -0.2) is 0 Å². The van der Waals surface area contributed by atoms with Crippen molar-refractivity contribution in [2.75, 3.05) is 0 Å². The van der Waals surface area contributed by atoms with Gasteiger partial charge in [0.25, 0.3) is 0 Å². The minimum Gasteiger partial charge on any atom is -0.460 e. The molecule has 0 saturated carbocycles. The Morgan fingerprint density at radius 3 is 1.73 bits per heavy atom. The predicted molar refractivity (Wildman–Crippen MR) is 356 cm³/mol. The van der Waals surface area contributed by atoms with Crippen LogP contribution in [0, 0.1) is 36.0 Å². The molecule has 0 bridgehead atoms. The second-order valence-electron chi connectivity index (χ2n) is 16.6. The van der Waals surface area contributed by atoms with Gasteiger partial charge in [0.15, 0.2) is 0 Å². The van der Waals surface area contributed by atoms with Gasteiger partial charge >= 0.3 is 0 Å². The van der Waals surface area contributed by atoms with E-state index in [2.05, 4.69) is 242 Å². The standard InChI is InChI=1S/C65H68O.C4H6.4C2H6/c1-10-19-23-33-52(17-8)58-43-49(42-57(45-58)50(15-6)29-13-4)40-41-56(61-47-59(51(16-7)31-20-11-2)46-60(48-61)55-34-24-22-25-35-55)44-53(18-9)54(32-21-12-3)36-28-39-65-62(30-14-5)63-37-26-27-38-64(63)66-65;1-3-4-2;4*1-2/h9,13-16,20-22,24-27,29-38,41-48H,11-12,17,23,28,39-40H2,1-8H3;1-2H3;4*1-2H3/b29-13-,30-14-,31-20-,32-21-,50-15+,51-16+,52-33+,53-44+,54-36+,56-41+;;;;;. The molecule has 1 heteroatoms. The van der Waals surface area contributed by atoms with Gasteiger partial charge in [-0.15, -0.1) is 24.2 Å². The van der Waals surface area contributed by atoms with Gasteiger partial charge in [0, 0.05) is 29.4 Å². The van der Waals surface area contributed by atoms with E-state index >= 15 is 0 Å². The summed E-state index contributed by atoms with van der Waals surface area (Å²) in [6.45, 7) is 36.5. The monoisotopic (exact) mass is 1040 g/mol. The van der Waals surface area contributed by atoms with Gasteiger partial charge in [-0.3, -0.25) is 0 Å². The highest BCUT2D eigenvalue weighted by molar-refractivity contribution is 5.89. The van der Waals surface area contributed by atoms with E-state index in [0.29, 0.717) is 6.42 Å². The molecule has 0 aliphatic carbocycles. The zero-order chi connectivity index (χ0) is 58.5. The minimum atomic E-state index is 0.698. The number of aryl methyl sites for hydroxylation is 1. The van der Waals surface area contributed by atoms with E-state index in [4.69, 9.17) is 10.8 Å². The normalized spacial score (nSPS) is 11.9. The fraction of sp³-hybridized carbons (Fsp3) is 0.325. The summed E-state index contributed by atoms with van der Waals surface area (Å²) in [6.07, 6.45) is 43.2. The van der Waals surface area contributed by atoms with Crippen molar-refractivity contribution in [3.63, 3.8) is 0 Å². The lowest BCUT2D eigenvalue weighted by molar-refractivity contribution is 0.548. The van der Waals surface area contributed by atoms with Crippen LogP contribution in [0.25, 0.3) is 50.5 Å². The Morgan fingerprint density at radius 1 is 0.577 bits per heavy atom. The molecule has 0 unspecified atom stereocenters. The summed E-state index contributed by atoms with van der Waals surface area (Å²) in [4.78, 5) is 0. The topological polar surface area (TPSA) is 13.1 Å². The fourth-order valence-corrected chi connectivity index (χ4v) is 8.18. The Hall–Kier alpha value is -7.50. The van der Waals surface area contributed by atoms with Crippen molar-refractivity contribution < 1.29 is 4.42 Å². The first-order valence-electron chi connectivity index (χ1n) is 29.0. The lowest BCUT2D eigenvalue weighted by Crippen LogP contribution is -1.95.